The average Bonchev–Trinajstić information content (AvgIpc) is 3.14. The van der Waals surface area contributed by atoms with Crippen LogP contribution in [0.15, 0.2) is 30.7 Å². The number of aliphatic hydroxyl groups excluding tert-OH is 1. The number of hydrogen-bond acceptors (Lipinski definition) is 7. The number of ether oxygens (including phenoxy) is 1. The predicted molar refractivity (Wildman–Crippen MR) is 107 cm³/mol. The Kier molecular flexibility index (Phi) is 7.68. The van der Waals surface area contributed by atoms with Gasteiger partial charge in [0.1, 0.15) is 6.10 Å². The largest absolute Gasteiger partial charge is 0.394 e. The molecule has 0 aliphatic carbocycles. The zero-order valence-electron chi connectivity index (χ0n) is 17.1. The highest BCUT2D eigenvalue weighted by Crippen LogP contribution is 2.22. The number of amides is 1. The van der Waals surface area contributed by atoms with E-state index in [0.717, 1.165) is 37.1 Å². The molecule has 3 rings (SSSR count). The monoisotopic (exact) mass is 402 g/mol. The molecule has 1 aliphatic rings. The Morgan fingerprint density at radius 1 is 1.41 bits per heavy atom. The summed E-state index contributed by atoms with van der Waals surface area (Å²) in [5.74, 6) is -0.0838. The molecule has 2 aromatic heterocycles. The summed E-state index contributed by atoms with van der Waals surface area (Å²) in [7, 11) is 3.99. The van der Waals surface area contributed by atoms with Crippen LogP contribution in [0.25, 0.3) is 0 Å². The molecular formula is C20H30N6O3. The van der Waals surface area contributed by atoms with Crippen molar-refractivity contribution >= 4 is 5.91 Å². The van der Waals surface area contributed by atoms with Crippen molar-refractivity contribution in [1.29, 1.82) is 0 Å². The summed E-state index contributed by atoms with van der Waals surface area (Å²) in [5, 5.41) is 21.1. The third kappa shape index (κ3) is 6.59. The van der Waals surface area contributed by atoms with Gasteiger partial charge in [-0.15, -0.1) is 5.10 Å². The van der Waals surface area contributed by atoms with E-state index < -0.39 is 6.10 Å². The second kappa shape index (κ2) is 10.4. The first-order valence-corrected chi connectivity index (χ1v) is 10.0. The average molecular weight is 402 g/mol. The van der Waals surface area contributed by atoms with Gasteiger partial charge in [-0.2, -0.15) is 0 Å². The molecule has 0 saturated carbocycles. The van der Waals surface area contributed by atoms with E-state index in [2.05, 4.69) is 20.6 Å². The standard InChI is InChI=1S/C20H30N6O3/c1-25(2)12-16-13-26(24-23-16)9-7-17-5-6-18(19(14-27)29-17)22-20(28)10-15-4-3-8-21-11-15/h3-4,8,11,13,17-19,27H,5-7,9-10,12,14H2,1-2H3,(H,22,28)/t17-,18+,19-/m1/s1. The molecule has 0 radical (unpaired) electrons. The number of nitrogens with one attached hydrogen (secondary N) is 1. The molecule has 0 aromatic carbocycles. The van der Waals surface area contributed by atoms with Crippen LogP contribution in [0.5, 0.6) is 0 Å². The normalized spacial score (nSPS) is 22.0. The third-order valence-corrected chi connectivity index (χ3v) is 4.97. The second-order valence-electron chi connectivity index (χ2n) is 7.77. The molecule has 0 unspecified atom stereocenters. The molecule has 29 heavy (non-hydrogen) atoms. The molecule has 2 aromatic rings. The zero-order chi connectivity index (χ0) is 20.6. The van der Waals surface area contributed by atoms with E-state index in [4.69, 9.17) is 4.74 Å². The molecule has 0 spiro atoms. The van der Waals surface area contributed by atoms with Gasteiger partial charge in [-0.05, 0) is 45.0 Å². The Morgan fingerprint density at radius 2 is 2.28 bits per heavy atom. The van der Waals surface area contributed by atoms with E-state index in [9.17, 15) is 9.90 Å². The lowest BCUT2D eigenvalue weighted by atomic mass is 9.97. The minimum Gasteiger partial charge on any atom is -0.394 e. The Labute approximate surface area is 171 Å². The van der Waals surface area contributed by atoms with Crippen LogP contribution in [0.2, 0.25) is 0 Å². The van der Waals surface area contributed by atoms with Crippen molar-refractivity contribution in [2.75, 3.05) is 20.7 Å². The lowest BCUT2D eigenvalue weighted by molar-refractivity contribution is -0.128. The Morgan fingerprint density at radius 3 is 3.00 bits per heavy atom. The van der Waals surface area contributed by atoms with Gasteiger partial charge in [0.25, 0.3) is 0 Å². The topological polar surface area (TPSA) is 105 Å². The van der Waals surface area contributed by atoms with Gasteiger partial charge in [-0.3, -0.25) is 14.5 Å². The summed E-state index contributed by atoms with van der Waals surface area (Å²) in [5.41, 5.74) is 1.80. The Hall–Kier alpha value is -2.36. The van der Waals surface area contributed by atoms with Crippen molar-refractivity contribution in [3.8, 4) is 0 Å². The van der Waals surface area contributed by atoms with Crippen molar-refractivity contribution in [3.05, 3.63) is 42.0 Å². The lowest BCUT2D eigenvalue weighted by Gasteiger charge is -2.36. The lowest BCUT2D eigenvalue weighted by Crippen LogP contribution is -2.51. The van der Waals surface area contributed by atoms with E-state index >= 15 is 0 Å². The predicted octanol–water partition coefficient (Wildman–Crippen LogP) is 0.392. The molecule has 0 bridgehead atoms. The van der Waals surface area contributed by atoms with E-state index in [1.54, 1.807) is 12.4 Å². The van der Waals surface area contributed by atoms with Gasteiger partial charge in [0, 0.05) is 31.7 Å². The zero-order valence-corrected chi connectivity index (χ0v) is 17.1. The van der Waals surface area contributed by atoms with Gasteiger partial charge in [-0.25, -0.2) is 0 Å². The minimum absolute atomic E-state index is 0.0279. The van der Waals surface area contributed by atoms with Crippen LogP contribution in [-0.2, 0) is 29.0 Å². The molecule has 1 amide bonds. The van der Waals surface area contributed by atoms with Crippen LogP contribution in [-0.4, -0.2) is 74.8 Å². The number of pyridine rings is 1. The molecule has 3 heterocycles. The molecule has 1 saturated heterocycles. The fourth-order valence-electron chi connectivity index (χ4n) is 3.58. The Balaban J connectivity index is 1.45. The molecule has 1 fully saturated rings. The summed E-state index contributed by atoms with van der Waals surface area (Å²) in [6, 6.07) is 3.50. The first-order valence-electron chi connectivity index (χ1n) is 10.0. The second-order valence-corrected chi connectivity index (χ2v) is 7.77. The minimum atomic E-state index is -0.397. The SMILES string of the molecule is CN(C)Cc1cn(CC[C@H]2CC[C@H](NC(=O)Cc3cccnc3)[C@@H](CO)O2)nn1. The summed E-state index contributed by atoms with van der Waals surface area (Å²) in [4.78, 5) is 18.4. The maximum absolute atomic E-state index is 12.3. The number of rotatable bonds is 9. The van der Waals surface area contributed by atoms with Gasteiger partial charge in [0.2, 0.25) is 5.91 Å². The maximum atomic E-state index is 12.3. The van der Waals surface area contributed by atoms with Crippen molar-refractivity contribution in [2.45, 2.75) is 57.0 Å². The number of hydrogen-bond donors (Lipinski definition) is 2. The highest BCUT2D eigenvalue weighted by Gasteiger charge is 2.31. The van der Waals surface area contributed by atoms with Crippen LogP contribution in [0.3, 0.4) is 0 Å². The molecule has 9 heteroatoms. The van der Waals surface area contributed by atoms with E-state index in [1.165, 1.54) is 0 Å². The highest BCUT2D eigenvalue weighted by atomic mass is 16.5. The first kappa shape index (κ1) is 21.4. The number of carbonyl (C=O) groups is 1. The van der Waals surface area contributed by atoms with Crippen molar-refractivity contribution in [1.82, 2.24) is 30.2 Å². The fourth-order valence-corrected chi connectivity index (χ4v) is 3.58. The number of carbonyl (C=O) groups excluding carboxylic acids is 1. The van der Waals surface area contributed by atoms with Crippen LogP contribution in [0.4, 0.5) is 0 Å². The van der Waals surface area contributed by atoms with Crippen LogP contribution >= 0.6 is 0 Å². The maximum Gasteiger partial charge on any atom is 0.224 e. The molecule has 158 valence electrons. The van der Waals surface area contributed by atoms with Crippen molar-refractivity contribution < 1.29 is 14.6 Å². The smallest absolute Gasteiger partial charge is 0.224 e. The van der Waals surface area contributed by atoms with E-state index in [0.29, 0.717) is 6.54 Å². The number of aliphatic hydroxyl groups is 1. The van der Waals surface area contributed by atoms with Crippen LogP contribution in [0, 0.1) is 0 Å². The molecule has 2 N–H and O–H groups in total. The molecular weight excluding hydrogens is 372 g/mol. The van der Waals surface area contributed by atoms with Gasteiger partial charge in [0.15, 0.2) is 0 Å². The summed E-state index contributed by atoms with van der Waals surface area (Å²) in [6.07, 6.45) is 7.61. The van der Waals surface area contributed by atoms with Gasteiger partial charge in [0.05, 0.1) is 30.9 Å². The van der Waals surface area contributed by atoms with Crippen molar-refractivity contribution in [2.24, 2.45) is 0 Å². The number of aryl methyl sites for hydroxylation is 1. The van der Waals surface area contributed by atoms with Crippen molar-refractivity contribution in [3.63, 3.8) is 0 Å². The van der Waals surface area contributed by atoms with Crippen LogP contribution < -0.4 is 5.32 Å². The quantitative estimate of drug-likeness (QED) is 0.625. The summed E-state index contributed by atoms with van der Waals surface area (Å²) in [6.45, 7) is 1.35. The first-order chi connectivity index (χ1) is 14.0. The molecule has 1 aliphatic heterocycles. The number of nitrogens with zero attached hydrogens (tertiary/aromatic N) is 5. The van der Waals surface area contributed by atoms with Crippen LogP contribution in [0.1, 0.15) is 30.5 Å². The van der Waals surface area contributed by atoms with Gasteiger partial charge >= 0.3 is 0 Å². The third-order valence-electron chi connectivity index (χ3n) is 4.97. The van der Waals surface area contributed by atoms with E-state index in [1.807, 2.05) is 42.0 Å². The molecule has 9 nitrogen and oxygen atoms in total. The highest BCUT2D eigenvalue weighted by molar-refractivity contribution is 5.78. The molecule has 3 atom stereocenters. The van der Waals surface area contributed by atoms with E-state index in [-0.39, 0.29) is 31.1 Å². The Bertz CT molecular complexity index is 767. The van der Waals surface area contributed by atoms with Gasteiger partial charge in [-0.1, -0.05) is 11.3 Å². The van der Waals surface area contributed by atoms with Gasteiger partial charge < -0.3 is 20.1 Å². The fraction of sp³-hybridized carbons (Fsp3) is 0.600. The number of aromatic nitrogens is 4. The summed E-state index contributed by atoms with van der Waals surface area (Å²) < 4.78 is 7.88. The summed E-state index contributed by atoms with van der Waals surface area (Å²) >= 11 is 0.